The molecule has 3 aromatic carbocycles. The number of aliphatic imine (C=N–C) groups is 1. The van der Waals surface area contributed by atoms with Gasteiger partial charge in [0.15, 0.2) is 16.7 Å². The summed E-state index contributed by atoms with van der Waals surface area (Å²) in [6, 6.07) is 23.4. The second kappa shape index (κ2) is 11.1. The number of rotatable bonds is 7. The number of anilines is 1. The van der Waals surface area contributed by atoms with Gasteiger partial charge >= 0.3 is 0 Å². The Bertz CT molecular complexity index is 1410. The average Bonchev–Trinajstić information content (AvgIpc) is 3.53. The number of methoxy groups -OCH3 is 2. The highest BCUT2D eigenvalue weighted by molar-refractivity contribution is 8.15. The number of aryl methyl sites for hydroxylation is 1. The Balaban J connectivity index is 1.31. The van der Waals surface area contributed by atoms with Gasteiger partial charge in [0.05, 0.1) is 26.0 Å². The quantitative estimate of drug-likeness (QED) is 0.454. The molecule has 5 rings (SSSR count). The van der Waals surface area contributed by atoms with E-state index in [0.29, 0.717) is 28.8 Å². The summed E-state index contributed by atoms with van der Waals surface area (Å²) in [6.45, 7) is 2.05. The van der Waals surface area contributed by atoms with Crippen molar-refractivity contribution in [2.75, 3.05) is 19.5 Å². The van der Waals surface area contributed by atoms with Gasteiger partial charge in [-0.25, -0.2) is 5.01 Å². The van der Waals surface area contributed by atoms with Crippen LogP contribution in [0.3, 0.4) is 0 Å². The Morgan fingerprint density at radius 2 is 1.76 bits per heavy atom. The monoisotopic (exact) mass is 528 g/mol. The Kier molecular flexibility index (Phi) is 7.46. The van der Waals surface area contributed by atoms with Gasteiger partial charge in [-0.1, -0.05) is 71.9 Å². The minimum absolute atomic E-state index is 0.0107. The Morgan fingerprint density at radius 3 is 2.47 bits per heavy atom. The van der Waals surface area contributed by atoms with E-state index >= 15 is 0 Å². The molecule has 0 saturated carbocycles. The van der Waals surface area contributed by atoms with Crippen LogP contribution in [-0.4, -0.2) is 47.2 Å². The maximum absolute atomic E-state index is 12.8. The number of thioether (sulfide) groups is 1. The lowest BCUT2D eigenvalue weighted by Gasteiger charge is -2.23. The van der Waals surface area contributed by atoms with Crippen molar-refractivity contribution in [3.63, 3.8) is 0 Å². The molecule has 2 aliphatic rings. The molecule has 1 N–H and O–H groups in total. The first-order valence-electron chi connectivity index (χ1n) is 12.2. The van der Waals surface area contributed by atoms with Crippen molar-refractivity contribution in [2.45, 2.75) is 31.1 Å². The molecule has 0 fully saturated rings. The first kappa shape index (κ1) is 25.5. The van der Waals surface area contributed by atoms with E-state index < -0.39 is 5.25 Å². The number of carbonyl (C=O) groups is 2. The van der Waals surface area contributed by atoms with Gasteiger partial charge < -0.3 is 14.8 Å². The van der Waals surface area contributed by atoms with Crippen molar-refractivity contribution >= 4 is 40.1 Å². The predicted octanol–water partition coefficient (Wildman–Crippen LogP) is 5.19. The summed E-state index contributed by atoms with van der Waals surface area (Å²) in [4.78, 5) is 30.0. The molecule has 2 aliphatic heterocycles. The van der Waals surface area contributed by atoms with Crippen molar-refractivity contribution in [3.8, 4) is 11.5 Å². The smallest absolute Gasteiger partial charge is 0.262 e. The van der Waals surface area contributed by atoms with Gasteiger partial charge in [-0.15, -0.1) is 0 Å². The second-order valence-corrected chi connectivity index (χ2v) is 10.2. The topological polar surface area (TPSA) is 92.6 Å². The minimum Gasteiger partial charge on any atom is -0.493 e. The molecule has 2 atom stereocenters. The molecule has 0 aliphatic carbocycles. The van der Waals surface area contributed by atoms with E-state index in [4.69, 9.17) is 14.6 Å². The highest BCUT2D eigenvalue weighted by Crippen LogP contribution is 2.38. The number of amides is 2. The molecule has 0 unspecified atom stereocenters. The third-order valence-electron chi connectivity index (χ3n) is 6.44. The van der Waals surface area contributed by atoms with Crippen LogP contribution in [0.1, 0.15) is 35.6 Å². The zero-order valence-corrected chi connectivity index (χ0v) is 22.2. The van der Waals surface area contributed by atoms with Crippen molar-refractivity contribution in [1.82, 2.24) is 5.01 Å². The maximum atomic E-state index is 12.8. The number of ether oxygens (including phenoxy) is 2. The van der Waals surface area contributed by atoms with E-state index in [-0.39, 0.29) is 24.3 Å². The number of hydrogen-bond acceptors (Lipinski definition) is 7. The molecule has 38 heavy (non-hydrogen) atoms. The van der Waals surface area contributed by atoms with Gasteiger partial charge in [0.25, 0.3) is 5.91 Å². The lowest BCUT2D eigenvalue weighted by atomic mass is 9.98. The highest BCUT2D eigenvalue weighted by atomic mass is 32.2. The Labute approximate surface area is 225 Å². The molecule has 0 saturated heterocycles. The molecule has 3 aromatic rings. The molecular formula is C29H28N4O4S. The van der Waals surface area contributed by atoms with Crippen molar-refractivity contribution < 1.29 is 19.1 Å². The fraction of sp³-hybridized carbons (Fsp3) is 0.241. The first-order chi connectivity index (χ1) is 18.4. The molecule has 9 heteroatoms. The summed E-state index contributed by atoms with van der Waals surface area (Å²) >= 11 is 1.28. The van der Waals surface area contributed by atoms with E-state index in [9.17, 15) is 9.59 Å². The zero-order chi connectivity index (χ0) is 26.6. The van der Waals surface area contributed by atoms with Gasteiger partial charge in [-0.3, -0.25) is 9.59 Å². The molecule has 2 heterocycles. The Morgan fingerprint density at radius 1 is 1.03 bits per heavy atom. The number of nitrogens with zero attached hydrogens (tertiary/aromatic N) is 3. The van der Waals surface area contributed by atoms with Crippen molar-refractivity contribution in [2.24, 2.45) is 10.1 Å². The van der Waals surface area contributed by atoms with Crippen LogP contribution in [0.2, 0.25) is 0 Å². The summed E-state index contributed by atoms with van der Waals surface area (Å²) in [5, 5.41) is 9.45. The summed E-state index contributed by atoms with van der Waals surface area (Å²) in [5.41, 5.74) is 4.80. The van der Waals surface area contributed by atoms with E-state index in [0.717, 1.165) is 16.8 Å². The normalized spacial score (nSPS) is 18.7. The number of benzene rings is 3. The zero-order valence-electron chi connectivity index (χ0n) is 21.4. The van der Waals surface area contributed by atoms with Crippen LogP contribution < -0.4 is 14.8 Å². The third-order valence-corrected chi connectivity index (χ3v) is 7.58. The minimum atomic E-state index is -0.625. The summed E-state index contributed by atoms with van der Waals surface area (Å²) in [7, 11) is 3.08. The van der Waals surface area contributed by atoms with E-state index in [2.05, 4.69) is 53.6 Å². The molecule has 2 amide bonds. The largest absolute Gasteiger partial charge is 0.493 e. The molecular weight excluding hydrogens is 500 g/mol. The van der Waals surface area contributed by atoms with Crippen LogP contribution >= 0.6 is 11.8 Å². The van der Waals surface area contributed by atoms with Crippen LogP contribution in [0.4, 0.5) is 5.69 Å². The fourth-order valence-corrected chi connectivity index (χ4v) is 5.50. The summed E-state index contributed by atoms with van der Waals surface area (Å²) < 4.78 is 10.5. The standard InChI is InChI=1S/C29H28N4O4S/c1-18-9-11-19(12-10-18)22-16-23(20-7-5-4-6-8-20)33(32-22)29-31-28(35)26(38-29)17-27(34)30-21-13-14-24(36-2)25(15-21)37-3/h4-15,23,26H,16-17H2,1-3H3,(H,30,34)/t23-,26-/m1/s1. The number of hydrogen-bond donors (Lipinski definition) is 1. The molecule has 0 aromatic heterocycles. The highest BCUT2D eigenvalue weighted by Gasteiger charge is 2.39. The van der Waals surface area contributed by atoms with Gasteiger partial charge in [0, 0.05) is 24.6 Å². The van der Waals surface area contributed by atoms with Crippen LogP contribution in [-0.2, 0) is 9.59 Å². The third kappa shape index (κ3) is 5.43. The van der Waals surface area contributed by atoms with Crippen LogP contribution in [0, 0.1) is 6.92 Å². The number of hydrazone groups is 1. The van der Waals surface area contributed by atoms with Gasteiger partial charge in [-0.2, -0.15) is 10.1 Å². The molecule has 8 nitrogen and oxygen atoms in total. The van der Waals surface area contributed by atoms with Crippen molar-refractivity contribution in [3.05, 3.63) is 89.5 Å². The lowest BCUT2D eigenvalue weighted by molar-refractivity contribution is -0.121. The van der Waals surface area contributed by atoms with Crippen LogP contribution in [0.15, 0.2) is 82.9 Å². The van der Waals surface area contributed by atoms with Crippen LogP contribution in [0.5, 0.6) is 11.5 Å². The average molecular weight is 529 g/mol. The summed E-state index contributed by atoms with van der Waals surface area (Å²) in [5.74, 6) is 0.447. The number of amidine groups is 1. The molecule has 194 valence electrons. The predicted molar refractivity (Wildman–Crippen MR) is 150 cm³/mol. The van der Waals surface area contributed by atoms with E-state index in [1.165, 1.54) is 24.4 Å². The second-order valence-electron chi connectivity index (χ2n) is 9.05. The molecule has 0 bridgehead atoms. The van der Waals surface area contributed by atoms with E-state index in [1.54, 1.807) is 25.3 Å². The van der Waals surface area contributed by atoms with Crippen molar-refractivity contribution in [1.29, 1.82) is 0 Å². The number of nitrogens with one attached hydrogen (secondary N) is 1. The molecule has 0 spiro atoms. The maximum Gasteiger partial charge on any atom is 0.262 e. The molecule has 0 radical (unpaired) electrons. The van der Waals surface area contributed by atoms with Gasteiger partial charge in [0.2, 0.25) is 5.91 Å². The lowest BCUT2D eigenvalue weighted by Crippen LogP contribution is -2.25. The van der Waals surface area contributed by atoms with E-state index in [1.807, 2.05) is 23.2 Å². The van der Waals surface area contributed by atoms with Gasteiger partial charge in [-0.05, 0) is 30.2 Å². The number of carbonyl (C=O) groups excluding carboxylic acids is 2. The first-order valence-corrected chi connectivity index (χ1v) is 13.1. The SMILES string of the molecule is COc1ccc(NC(=O)C[C@H]2SC(N3N=C(c4ccc(C)cc4)C[C@@H]3c3ccccc3)=NC2=O)cc1OC. The summed E-state index contributed by atoms with van der Waals surface area (Å²) in [6.07, 6.45) is 0.675. The van der Waals surface area contributed by atoms with Crippen LogP contribution in [0.25, 0.3) is 0 Å². The Hall–Kier alpha value is -4.11. The fourth-order valence-electron chi connectivity index (χ4n) is 4.44. The van der Waals surface area contributed by atoms with Gasteiger partial charge in [0.1, 0.15) is 5.25 Å².